The highest BCUT2D eigenvalue weighted by molar-refractivity contribution is 5.24. The van der Waals surface area contributed by atoms with Crippen LogP contribution in [0.3, 0.4) is 0 Å². The summed E-state index contributed by atoms with van der Waals surface area (Å²) in [5.41, 5.74) is 3.52. The first-order chi connectivity index (χ1) is 14.3. The number of hydrogen-bond donors (Lipinski definition) is 0. The molecule has 0 amide bonds. The summed E-state index contributed by atoms with van der Waals surface area (Å²) < 4.78 is 12.9. The molecule has 0 radical (unpaired) electrons. The topological polar surface area (TPSA) is 21.7 Å². The van der Waals surface area contributed by atoms with Crippen molar-refractivity contribution < 1.29 is 9.47 Å². The van der Waals surface area contributed by atoms with E-state index in [4.69, 9.17) is 9.47 Å². The maximum absolute atomic E-state index is 6.52. The van der Waals surface area contributed by atoms with Crippen molar-refractivity contribution in [3.8, 4) is 0 Å². The first kappa shape index (κ1) is 18.6. The number of hydrogen-bond acceptors (Lipinski definition) is 3. The van der Waals surface area contributed by atoms with Crippen molar-refractivity contribution in [2.75, 3.05) is 13.2 Å². The highest BCUT2D eigenvalue weighted by Gasteiger charge is 2.50. The van der Waals surface area contributed by atoms with Gasteiger partial charge in [0, 0.05) is 6.54 Å². The highest BCUT2D eigenvalue weighted by Crippen LogP contribution is 2.45. The van der Waals surface area contributed by atoms with Gasteiger partial charge in [-0.1, -0.05) is 91.0 Å². The highest BCUT2D eigenvalue weighted by atomic mass is 16.6. The summed E-state index contributed by atoms with van der Waals surface area (Å²) >= 11 is 0. The molecular weight excluding hydrogens is 358 g/mol. The van der Waals surface area contributed by atoms with Crippen molar-refractivity contribution in [2.24, 2.45) is 0 Å². The number of nitrogens with zero attached hydrogens (tertiary/aromatic N) is 1. The van der Waals surface area contributed by atoms with Crippen LogP contribution in [0, 0.1) is 0 Å². The Morgan fingerprint density at radius 3 is 2.03 bits per heavy atom. The Morgan fingerprint density at radius 1 is 0.793 bits per heavy atom. The molecule has 2 aliphatic rings. The number of benzene rings is 3. The normalized spacial score (nSPS) is 27.3. The van der Waals surface area contributed by atoms with Crippen LogP contribution >= 0.6 is 0 Å². The van der Waals surface area contributed by atoms with Crippen molar-refractivity contribution >= 4 is 0 Å². The summed E-state index contributed by atoms with van der Waals surface area (Å²) in [6.45, 7) is 2.17. The van der Waals surface area contributed by atoms with E-state index < -0.39 is 0 Å². The first-order valence-electron chi connectivity index (χ1n) is 10.5. The van der Waals surface area contributed by atoms with Gasteiger partial charge in [0.05, 0.1) is 25.4 Å². The second kappa shape index (κ2) is 8.11. The smallest absolute Gasteiger partial charge is 0.146 e. The fourth-order valence-electron chi connectivity index (χ4n) is 4.69. The van der Waals surface area contributed by atoms with Crippen LogP contribution in [-0.2, 0) is 16.0 Å². The van der Waals surface area contributed by atoms with Crippen LogP contribution in [-0.4, -0.2) is 23.8 Å². The average molecular weight is 386 g/mol. The molecule has 2 aliphatic heterocycles. The van der Waals surface area contributed by atoms with Crippen LogP contribution in [0.15, 0.2) is 91.0 Å². The van der Waals surface area contributed by atoms with E-state index in [1.165, 1.54) is 16.7 Å². The lowest BCUT2D eigenvalue weighted by Crippen LogP contribution is -2.51. The van der Waals surface area contributed by atoms with Gasteiger partial charge in [0.2, 0.25) is 0 Å². The van der Waals surface area contributed by atoms with Crippen LogP contribution in [0.4, 0.5) is 0 Å². The van der Waals surface area contributed by atoms with Crippen LogP contribution in [0.2, 0.25) is 0 Å². The lowest BCUT2D eigenvalue weighted by molar-refractivity contribution is -0.188. The van der Waals surface area contributed by atoms with E-state index >= 15 is 0 Å². The van der Waals surface area contributed by atoms with Crippen molar-refractivity contribution in [1.29, 1.82) is 0 Å². The molecule has 3 atom stereocenters. The SMILES string of the molecule is c1ccc(CN2C(c3ccccc3)COC23CCC(c2ccccc2)OC3)cc1. The second-order valence-electron chi connectivity index (χ2n) is 8.05. The van der Waals surface area contributed by atoms with Crippen LogP contribution < -0.4 is 0 Å². The van der Waals surface area contributed by atoms with Gasteiger partial charge >= 0.3 is 0 Å². The summed E-state index contributed by atoms with van der Waals surface area (Å²) in [7, 11) is 0. The molecule has 29 heavy (non-hydrogen) atoms. The molecule has 3 aromatic carbocycles. The molecule has 3 unspecified atom stereocenters. The zero-order valence-corrected chi connectivity index (χ0v) is 16.6. The molecule has 0 aliphatic carbocycles. The maximum atomic E-state index is 6.52. The summed E-state index contributed by atoms with van der Waals surface area (Å²) in [5, 5.41) is 0. The van der Waals surface area contributed by atoms with Crippen molar-refractivity contribution in [1.82, 2.24) is 4.90 Å². The molecule has 0 bridgehead atoms. The third-order valence-corrected chi connectivity index (χ3v) is 6.27. The van der Waals surface area contributed by atoms with Gasteiger partial charge in [0.25, 0.3) is 0 Å². The molecule has 3 heteroatoms. The third kappa shape index (κ3) is 3.74. The van der Waals surface area contributed by atoms with Gasteiger partial charge in [0.1, 0.15) is 5.72 Å². The van der Waals surface area contributed by atoms with E-state index in [2.05, 4.69) is 95.9 Å². The Labute approximate surface area is 172 Å². The van der Waals surface area contributed by atoms with Gasteiger partial charge < -0.3 is 9.47 Å². The maximum Gasteiger partial charge on any atom is 0.146 e. The minimum absolute atomic E-state index is 0.153. The van der Waals surface area contributed by atoms with Crippen LogP contribution in [0.25, 0.3) is 0 Å². The predicted octanol–water partition coefficient (Wildman–Crippen LogP) is 5.51. The fourth-order valence-corrected chi connectivity index (χ4v) is 4.69. The number of ether oxygens (including phenoxy) is 2. The molecule has 148 valence electrons. The molecule has 1 spiro atoms. The quantitative estimate of drug-likeness (QED) is 0.591. The van der Waals surface area contributed by atoms with E-state index in [1.807, 2.05) is 0 Å². The second-order valence-corrected chi connectivity index (χ2v) is 8.05. The lowest BCUT2D eigenvalue weighted by atomic mass is 9.94. The van der Waals surface area contributed by atoms with Gasteiger partial charge in [-0.3, -0.25) is 4.90 Å². The Kier molecular flexibility index (Phi) is 5.19. The summed E-state index contributed by atoms with van der Waals surface area (Å²) in [5.74, 6) is 0. The summed E-state index contributed by atoms with van der Waals surface area (Å²) in [4.78, 5) is 2.53. The largest absolute Gasteiger partial charge is 0.369 e. The molecule has 3 nitrogen and oxygen atoms in total. The summed E-state index contributed by atoms with van der Waals surface area (Å²) in [6.07, 6.45) is 2.10. The summed E-state index contributed by atoms with van der Waals surface area (Å²) in [6, 6.07) is 32.2. The molecule has 2 saturated heterocycles. The molecule has 2 fully saturated rings. The van der Waals surface area contributed by atoms with E-state index in [-0.39, 0.29) is 17.9 Å². The van der Waals surface area contributed by atoms with Gasteiger partial charge in [-0.15, -0.1) is 0 Å². The molecule has 2 heterocycles. The minimum Gasteiger partial charge on any atom is -0.369 e. The molecular formula is C26H27NO2. The van der Waals surface area contributed by atoms with Gasteiger partial charge in [-0.2, -0.15) is 0 Å². The first-order valence-corrected chi connectivity index (χ1v) is 10.5. The molecule has 3 aromatic rings. The van der Waals surface area contributed by atoms with Crippen molar-refractivity contribution in [3.63, 3.8) is 0 Å². The Morgan fingerprint density at radius 2 is 1.41 bits per heavy atom. The molecule has 0 aromatic heterocycles. The predicted molar refractivity (Wildman–Crippen MR) is 114 cm³/mol. The number of rotatable bonds is 4. The molecule has 5 rings (SSSR count). The third-order valence-electron chi connectivity index (χ3n) is 6.27. The van der Waals surface area contributed by atoms with E-state index in [0.29, 0.717) is 13.2 Å². The van der Waals surface area contributed by atoms with Gasteiger partial charge in [-0.25, -0.2) is 0 Å². The Balaban J connectivity index is 1.41. The van der Waals surface area contributed by atoms with Crippen molar-refractivity contribution in [2.45, 2.75) is 37.3 Å². The fraction of sp³-hybridized carbons (Fsp3) is 0.308. The Hall–Kier alpha value is -2.46. The minimum atomic E-state index is -0.359. The average Bonchev–Trinajstić information content (AvgIpc) is 3.13. The van der Waals surface area contributed by atoms with E-state index in [1.54, 1.807) is 0 Å². The van der Waals surface area contributed by atoms with Crippen LogP contribution in [0.5, 0.6) is 0 Å². The molecule has 0 N–H and O–H groups in total. The zero-order valence-electron chi connectivity index (χ0n) is 16.6. The van der Waals surface area contributed by atoms with E-state index in [0.717, 1.165) is 19.4 Å². The van der Waals surface area contributed by atoms with Crippen molar-refractivity contribution in [3.05, 3.63) is 108 Å². The Bertz CT molecular complexity index is 905. The molecule has 0 saturated carbocycles. The van der Waals surface area contributed by atoms with E-state index in [9.17, 15) is 0 Å². The van der Waals surface area contributed by atoms with Gasteiger partial charge in [-0.05, 0) is 29.5 Å². The monoisotopic (exact) mass is 385 g/mol. The zero-order chi connectivity index (χ0) is 19.5. The van der Waals surface area contributed by atoms with Gasteiger partial charge in [0.15, 0.2) is 0 Å². The van der Waals surface area contributed by atoms with Crippen LogP contribution in [0.1, 0.15) is 41.7 Å². The lowest BCUT2D eigenvalue weighted by Gasteiger charge is -2.43. The standard InChI is InChI=1S/C26H27NO2/c1-4-10-21(11-5-1)18-27-24(22-12-6-2-7-13-22)19-29-26(27)17-16-25(28-20-26)23-14-8-3-9-15-23/h1-15,24-25H,16-20H2.